The molecule has 3 N–H and O–H groups in total. The number of nitrogens with zero attached hydrogens (tertiary/aromatic N) is 4. The second kappa shape index (κ2) is 7.84. The Morgan fingerprint density at radius 1 is 1.43 bits per heavy atom. The first-order valence-corrected chi connectivity index (χ1v) is 9.68. The van der Waals surface area contributed by atoms with Gasteiger partial charge in [-0.1, -0.05) is 6.07 Å². The molecule has 4 heterocycles. The van der Waals surface area contributed by atoms with Gasteiger partial charge in [0.2, 0.25) is 5.91 Å². The first-order chi connectivity index (χ1) is 13.6. The summed E-state index contributed by atoms with van der Waals surface area (Å²) in [5.41, 5.74) is 0.608. The minimum Gasteiger partial charge on any atom is -0.380 e. The molecule has 9 heteroatoms. The average molecular weight is 385 g/mol. The summed E-state index contributed by atoms with van der Waals surface area (Å²) >= 11 is 0. The first kappa shape index (κ1) is 18.8. The Balaban J connectivity index is 1.31. The van der Waals surface area contributed by atoms with E-state index in [-0.39, 0.29) is 11.8 Å². The number of aromatic nitrogens is 4. The Labute approximate surface area is 164 Å². The van der Waals surface area contributed by atoms with E-state index in [1.807, 2.05) is 26.0 Å². The molecule has 0 bridgehead atoms. The number of nitrogens with one attached hydrogen (secondary N) is 3. The largest absolute Gasteiger partial charge is 0.380 e. The molecule has 2 aliphatic rings. The summed E-state index contributed by atoms with van der Waals surface area (Å²) < 4.78 is 5.68. The van der Waals surface area contributed by atoms with Crippen LogP contribution in [0.15, 0.2) is 18.3 Å². The van der Waals surface area contributed by atoms with Gasteiger partial charge in [-0.2, -0.15) is 5.10 Å². The van der Waals surface area contributed by atoms with E-state index in [2.05, 4.69) is 35.7 Å². The summed E-state index contributed by atoms with van der Waals surface area (Å²) in [5.74, 6) is 2.71. The second-order valence-corrected chi connectivity index (χ2v) is 7.73. The van der Waals surface area contributed by atoms with Gasteiger partial charge >= 0.3 is 0 Å². The molecule has 0 saturated carbocycles. The summed E-state index contributed by atoms with van der Waals surface area (Å²) in [7, 11) is 0. The average Bonchev–Trinajstić information content (AvgIpc) is 3.34. The number of rotatable bonds is 7. The van der Waals surface area contributed by atoms with Gasteiger partial charge in [-0.15, -0.1) is 0 Å². The van der Waals surface area contributed by atoms with Crippen molar-refractivity contribution in [1.29, 1.82) is 0 Å². The highest BCUT2D eigenvalue weighted by atomic mass is 16.5. The Morgan fingerprint density at radius 2 is 2.32 bits per heavy atom. The second-order valence-electron chi connectivity index (χ2n) is 7.73. The smallest absolute Gasteiger partial charge is 0.230 e. The molecule has 150 valence electrons. The Bertz CT molecular complexity index is 839. The quantitative estimate of drug-likeness (QED) is 0.596. The zero-order valence-electron chi connectivity index (χ0n) is 16.4. The number of carbonyl (C=O) groups is 1. The molecule has 0 radical (unpaired) electrons. The molecule has 2 saturated heterocycles. The monoisotopic (exact) mass is 385 g/mol. The zero-order chi connectivity index (χ0) is 19.6. The minimum atomic E-state index is -0.480. The molecule has 1 amide bonds. The third-order valence-electron chi connectivity index (χ3n) is 5.62. The fourth-order valence-electron chi connectivity index (χ4n) is 4.14. The van der Waals surface area contributed by atoms with Crippen molar-refractivity contribution >= 4 is 11.7 Å². The molecule has 0 unspecified atom stereocenters. The van der Waals surface area contributed by atoms with Crippen LogP contribution in [0.2, 0.25) is 0 Å². The summed E-state index contributed by atoms with van der Waals surface area (Å²) in [6.45, 7) is 8.32. The lowest BCUT2D eigenvalue weighted by Gasteiger charge is -2.26. The zero-order valence-corrected chi connectivity index (χ0v) is 16.4. The number of hydrogen-bond acceptors (Lipinski definition) is 7. The lowest BCUT2D eigenvalue weighted by molar-refractivity contribution is -0.131. The molecule has 2 aromatic rings. The predicted octanol–water partition coefficient (Wildman–Crippen LogP) is 0.493. The number of ether oxygens (including phenoxy) is 1. The van der Waals surface area contributed by atoms with Crippen LogP contribution in [-0.2, 0) is 16.1 Å². The highest BCUT2D eigenvalue weighted by Crippen LogP contribution is 2.41. The number of anilines is 1. The van der Waals surface area contributed by atoms with Crippen LogP contribution >= 0.6 is 0 Å². The molecule has 0 aliphatic carbocycles. The van der Waals surface area contributed by atoms with E-state index in [9.17, 15) is 4.79 Å². The normalized spacial score (nSPS) is 24.3. The van der Waals surface area contributed by atoms with Crippen molar-refractivity contribution in [3.05, 3.63) is 35.5 Å². The molecule has 0 spiro atoms. The predicted molar refractivity (Wildman–Crippen MR) is 104 cm³/mol. The van der Waals surface area contributed by atoms with Gasteiger partial charge in [0.25, 0.3) is 0 Å². The van der Waals surface area contributed by atoms with Crippen molar-refractivity contribution < 1.29 is 9.53 Å². The number of fused-ring (bicyclic) bond motifs is 1. The third kappa shape index (κ3) is 3.72. The van der Waals surface area contributed by atoms with E-state index < -0.39 is 5.41 Å². The maximum absolute atomic E-state index is 13.0. The van der Waals surface area contributed by atoms with Crippen molar-refractivity contribution in [1.82, 2.24) is 30.4 Å². The molecular formula is C19H27N7O2. The molecule has 2 atom stereocenters. The van der Waals surface area contributed by atoms with Gasteiger partial charge in [0, 0.05) is 38.3 Å². The highest BCUT2D eigenvalue weighted by Gasteiger charge is 2.55. The van der Waals surface area contributed by atoms with Gasteiger partial charge in [-0.25, -0.2) is 9.97 Å². The van der Waals surface area contributed by atoms with Crippen molar-refractivity contribution in [2.75, 3.05) is 44.7 Å². The number of hydrogen-bond donors (Lipinski definition) is 3. The first-order valence-electron chi connectivity index (χ1n) is 9.68. The number of H-pyrrole nitrogens is 1. The van der Waals surface area contributed by atoms with Crippen LogP contribution in [0.3, 0.4) is 0 Å². The van der Waals surface area contributed by atoms with Crippen LogP contribution in [0.1, 0.15) is 17.2 Å². The SMILES string of the molecule is Cc1nc(CN2C[C@@H]3COC[C@]3(C(=O)NCCNc3ncccc3C)C2)n[nH]1. The van der Waals surface area contributed by atoms with Crippen LogP contribution in [0, 0.1) is 25.2 Å². The molecule has 2 fully saturated rings. The van der Waals surface area contributed by atoms with E-state index in [4.69, 9.17) is 4.74 Å². The van der Waals surface area contributed by atoms with Gasteiger partial charge in [-0.05, 0) is 25.5 Å². The number of likely N-dealkylation sites (tertiary alicyclic amines) is 1. The molecule has 4 rings (SSSR count). The van der Waals surface area contributed by atoms with Gasteiger partial charge < -0.3 is 15.4 Å². The topological polar surface area (TPSA) is 108 Å². The molecule has 28 heavy (non-hydrogen) atoms. The Hall–Kier alpha value is -2.52. The van der Waals surface area contributed by atoms with Crippen LogP contribution in [-0.4, -0.2) is 70.4 Å². The maximum Gasteiger partial charge on any atom is 0.230 e. The van der Waals surface area contributed by atoms with E-state index >= 15 is 0 Å². The summed E-state index contributed by atoms with van der Waals surface area (Å²) in [5, 5.41) is 13.5. The van der Waals surface area contributed by atoms with Crippen molar-refractivity contribution in [3.8, 4) is 0 Å². The highest BCUT2D eigenvalue weighted by molar-refractivity contribution is 5.84. The maximum atomic E-state index is 13.0. The molecule has 9 nitrogen and oxygen atoms in total. The molecular weight excluding hydrogens is 358 g/mol. The number of amides is 1. The molecule has 2 aromatic heterocycles. The summed E-state index contributed by atoms with van der Waals surface area (Å²) in [4.78, 5) is 24.0. The van der Waals surface area contributed by atoms with Gasteiger partial charge in [0.05, 0.1) is 25.2 Å². The number of carbonyl (C=O) groups excluding carboxylic acids is 1. The van der Waals surface area contributed by atoms with E-state index in [1.54, 1.807) is 6.20 Å². The fraction of sp³-hybridized carbons (Fsp3) is 0.579. The van der Waals surface area contributed by atoms with Crippen LogP contribution in [0.4, 0.5) is 5.82 Å². The number of aromatic amines is 1. The lowest BCUT2D eigenvalue weighted by atomic mass is 9.80. The van der Waals surface area contributed by atoms with E-state index in [0.29, 0.717) is 39.4 Å². The standard InChI is InChI=1S/C19H27N7O2/c1-13-4-3-5-20-17(13)21-6-7-22-18(27)19-11-26(8-15(19)10-28-12-19)9-16-23-14(2)24-25-16/h3-5,15H,6-12H2,1-2H3,(H,20,21)(H,22,27)(H,23,24,25)/t15-,19-/m1/s1. The number of aryl methyl sites for hydroxylation is 2. The van der Waals surface area contributed by atoms with E-state index in [1.165, 1.54) is 0 Å². The Morgan fingerprint density at radius 3 is 3.11 bits per heavy atom. The minimum absolute atomic E-state index is 0.0724. The molecule has 0 aromatic carbocycles. The van der Waals surface area contributed by atoms with Crippen LogP contribution in [0.25, 0.3) is 0 Å². The third-order valence-corrected chi connectivity index (χ3v) is 5.62. The Kier molecular flexibility index (Phi) is 5.27. The van der Waals surface area contributed by atoms with Crippen molar-refractivity contribution in [2.24, 2.45) is 11.3 Å². The summed E-state index contributed by atoms with van der Waals surface area (Å²) in [6, 6.07) is 3.92. The fourth-order valence-corrected chi connectivity index (χ4v) is 4.14. The molecule has 2 aliphatic heterocycles. The van der Waals surface area contributed by atoms with Crippen molar-refractivity contribution in [2.45, 2.75) is 20.4 Å². The summed E-state index contributed by atoms with van der Waals surface area (Å²) in [6.07, 6.45) is 1.76. The van der Waals surface area contributed by atoms with Gasteiger partial charge in [0.1, 0.15) is 11.6 Å². The van der Waals surface area contributed by atoms with Crippen molar-refractivity contribution in [3.63, 3.8) is 0 Å². The van der Waals surface area contributed by atoms with E-state index in [0.717, 1.165) is 29.6 Å². The number of pyridine rings is 1. The van der Waals surface area contributed by atoms with Gasteiger partial charge in [0.15, 0.2) is 5.82 Å². The lowest BCUT2D eigenvalue weighted by Crippen LogP contribution is -2.47. The van der Waals surface area contributed by atoms with Crippen LogP contribution < -0.4 is 10.6 Å². The van der Waals surface area contributed by atoms with Gasteiger partial charge in [-0.3, -0.25) is 14.8 Å². The van der Waals surface area contributed by atoms with Crippen LogP contribution in [0.5, 0.6) is 0 Å².